The Kier molecular flexibility index (Phi) is 6.93. The Balaban J connectivity index is 1.66. The molecule has 24 heavy (non-hydrogen) atoms. The molecule has 1 aromatic rings. The molecule has 0 bridgehead atoms. The molecule has 1 aliphatic heterocycles. The molecule has 2 amide bonds. The van der Waals surface area contributed by atoms with E-state index >= 15 is 0 Å². The van der Waals surface area contributed by atoms with Gasteiger partial charge in [0.1, 0.15) is 11.6 Å². The van der Waals surface area contributed by atoms with Crippen LogP contribution in [0.1, 0.15) is 25.3 Å². The van der Waals surface area contributed by atoms with Gasteiger partial charge in [-0.3, -0.25) is 0 Å². The molecule has 1 saturated heterocycles. The maximum atomic E-state index is 13.4. The molecule has 1 fully saturated rings. The normalized spacial score (nSPS) is 17.5. The smallest absolute Gasteiger partial charge is 0.315 e. The average Bonchev–Trinajstić information content (AvgIpc) is 2.56. The number of aliphatic hydroxyl groups is 1. The Morgan fingerprint density at radius 1 is 1.33 bits per heavy atom. The van der Waals surface area contributed by atoms with Gasteiger partial charge in [0, 0.05) is 25.2 Å². The SMILES string of the molecule is CC1CCN(CC(O)CNC(=O)NCc2cc(F)ccc2F)CC1. The van der Waals surface area contributed by atoms with Crippen molar-refractivity contribution in [2.45, 2.75) is 32.4 Å². The molecule has 1 unspecified atom stereocenters. The van der Waals surface area contributed by atoms with Crippen LogP contribution < -0.4 is 10.6 Å². The number of urea groups is 1. The molecule has 0 saturated carbocycles. The van der Waals surface area contributed by atoms with Gasteiger partial charge in [0.05, 0.1) is 6.10 Å². The molecule has 134 valence electrons. The van der Waals surface area contributed by atoms with Gasteiger partial charge < -0.3 is 20.6 Å². The van der Waals surface area contributed by atoms with Crippen LogP contribution in [0.25, 0.3) is 0 Å². The van der Waals surface area contributed by atoms with E-state index in [4.69, 9.17) is 0 Å². The number of hydrogen-bond donors (Lipinski definition) is 3. The van der Waals surface area contributed by atoms with Crippen molar-refractivity contribution in [2.24, 2.45) is 5.92 Å². The lowest BCUT2D eigenvalue weighted by atomic mass is 9.99. The lowest BCUT2D eigenvalue weighted by Gasteiger charge is -2.31. The quantitative estimate of drug-likeness (QED) is 0.740. The first kappa shape index (κ1) is 18.6. The fraction of sp³-hybridized carbons (Fsp3) is 0.588. The minimum absolute atomic E-state index is 0.0770. The number of hydrogen-bond acceptors (Lipinski definition) is 3. The monoisotopic (exact) mass is 341 g/mol. The standard InChI is InChI=1S/C17H25F2N3O2/c1-12-4-6-22(7-5-12)11-15(23)10-21-17(24)20-9-13-8-14(18)2-3-16(13)19/h2-3,8,12,15,23H,4-7,9-11H2,1H3,(H2,20,21,24). The van der Waals surface area contributed by atoms with E-state index in [1.807, 2.05) is 0 Å². The topological polar surface area (TPSA) is 64.6 Å². The highest BCUT2D eigenvalue weighted by atomic mass is 19.1. The van der Waals surface area contributed by atoms with Gasteiger partial charge in [-0.2, -0.15) is 0 Å². The van der Waals surface area contributed by atoms with E-state index in [1.165, 1.54) is 0 Å². The Morgan fingerprint density at radius 3 is 2.75 bits per heavy atom. The third-order valence-corrected chi connectivity index (χ3v) is 4.29. The molecule has 1 heterocycles. The van der Waals surface area contributed by atoms with E-state index in [2.05, 4.69) is 22.5 Å². The van der Waals surface area contributed by atoms with Crippen LogP contribution in [0.5, 0.6) is 0 Å². The molecule has 0 aliphatic carbocycles. The number of amides is 2. The first-order valence-electron chi connectivity index (χ1n) is 8.30. The van der Waals surface area contributed by atoms with Crippen molar-refractivity contribution < 1.29 is 18.7 Å². The van der Waals surface area contributed by atoms with Gasteiger partial charge >= 0.3 is 6.03 Å². The fourth-order valence-corrected chi connectivity index (χ4v) is 2.73. The molecule has 1 aliphatic rings. The Bertz CT molecular complexity index is 549. The van der Waals surface area contributed by atoms with Crippen molar-refractivity contribution in [1.29, 1.82) is 0 Å². The Labute approximate surface area is 141 Å². The number of benzene rings is 1. The molecule has 2 rings (SSSR count). The third kappa shape index (κ3) is 6.05. The number of rotatable bonds is 6. The van der Waals surface area contributed by atoms with Gasteiger partial charge in [0.15, 0.2) is 0 Å². The highest BCUT2D eigenvalue weighted by molar-refractivity contribution is 5.73. The number of aliphatic hydroxyl groups excluding tert-OH is 1. The third-order valence-electron chi connectivity index (χ3n) is 4.29. The number of β-amino-alcohol motifs (C(OH)–C–C–N with tert-alkyl or cyclic N) is 1. The largest absolute Gasteiger partial charge is 0.390 e. The van der Waals surface area contributed by atoms with Gasteiger partial charge in [-0.15, -0.1) is 0 Å². The van der Waals surface area contributed by atoms with Crippen molar-refractivity contribution >= 4 is 6.03 Å². The van der Waals surface area contributed by atoms with E-state index in [1.54, 1.807) is 0 Å². The molecule has 3 N–H and O–H groups in total. The van der Waals surface area contributed by atoms with Crippen LogP contribution in [0, 0.1) is 17.6 Å². The van der Waals surface area contributed by atoms with Crippen molar-refractivity contribution in [3.63, 3.8) is 0 Å². The van der Waals surface area contributed by atoms with Gasteiger partial charge in [-0.1, -0.05) is 6.92 Å². The summed E-state index contributed by atoms with van der Waals surface area (Å²) in [6.07, 6.45) is 1.59. The van der Waals surface area contributed by atoms with Gasteiger partial charge in [-0.25, -0.2) is 13.6 Å². The number of carbonyl (C=O) groups is 1. The summed E-state index contributed by atoms with van der Waals surface area (Å²) in [6.45, 7) is 4.66. The van der Waals surface area contributed by atoms with Crippen molar-refractivity contribution in [1.82, 2.24) is 15.5 Å². The summed E-state index contributed by atoms with van der Waals surface area (Å²) in [5.41, 5.74) is 0.0770. The maximum Gasteiger partial charge on any atom is 0.315 e. The second kappa shape index (κ2) is 8.94. The lowest BCUT2D eigenvalue weighted by molar-refractivity contribution is 0.0920. The minimum atomic E-state index is -0.657. The Morgan fingerprint density at radius 2 is 2.04 bits per heavy atom. The summed E-state index contributed by atoms with van der Waals surface area (Å²) in [6, 6.07) is 2.57. The predicted molar refractivity (Wildman–Crippen MR) is 87.4 cm³/mol. The summed E-state index contributed by atoms with van der Waals surface area (Å²) < 4.78 is 26.5. The van der Waals surface area contributed by atoms with Crippen LogP contribution in [0.3, 0.4) is 0 Å². The van der Waals surface area contributed by atoms with Crippen LogP contribution in [-0.2, 0) is 6.54 Å². The Hall–Kier alpha value is -1.73. The van der Waals surface area contributed by atoms with Crippen molar-refractivity contribution in [2.75, 3.05) is 26.2 Å². The molecule has 0 aromatic heterocycles. The molecule has 1 aromatic carbocycles. The first-order valence-corrected chi connectivity index (χ1v) is 8.30. The van der Waals surface area contributed by atoms with E-state index in [0.717, 1.165) is 50.0 Å². The summed E-state index contributed by atoms with van der Waals surface area (Å²) in [5.74, 6) is -0.401. The average molecular weight is 341 g/mol. The molecule has 0 radical (unpaired) electrons. The summed E-state index contributed by atoms with van der Waals surface area (Å²) in [7, 11) is 0. The predicted octanol–water partition coefficient (Wildman–Crippen LogP) is 1.86. The zero-order chi connectivity index (χ0) is 17.5. The van der Waals surface area contributed by atoms with Crippen molar-refractivity contribution in [3.05, 3.63) is 35.4 Å². The van der Waals surface area contributed by atoms with Gasteiger partial charge in [0.2, 0.25) is 0 Å². The van der Waals surface area contributed by atoms with E-state index in [-0.39, 0.29) is 18.7 Å². The summed E-state index contributed by atoms with van der Waals surface area (Å²) in [5, 5.41) is 15.0. The second-order valence-electron chi connectivity index (χ2n) is 6.44. The number of likely N-dealkylation sites (tertiary alicyclic amines) is 1. The van der Waals surface area contributed by atoms with E-state index < -0.39 is 23.8 Å². The van der Waals surface area contributed by atoms with Crippen LogP contribution in [-0.4, -0.2) is 48.3 Å². The molecular formula is C17H25F2N3O2. The zero-order valence-corrected chi connectivity index (χ0v) is 13.9. The lowest BCUT2D eigenvalue weighted by Crippen LogP contribution is -2.45. The number of nitrogens with one attached hydrogen (secondary N) is 2. The number of piperidine rings is 1. The molecule has 1 atom stereocenters. The maximum absolute atomic E-state index is 13.4. The highest BCUT2D eigenvalue weighted by Gasteiger charge is 2.18. The second-order valence-corrected chi connectivity index (χ2v) is 6.44. The highest BCUT2D eigenvalue weighted by Crippen LogP contribution is 2.15. The van der Waals surface area contributed by atoms with Crippen LogP contribution in [0.15, 0.2) is 18.2 Å². The number of nitrogens with zero attached hydrogens (tertiary/aromatic N) is 1. The zero-order valence-electron chi connectivity index (χ0n) is 13.9. The van der Waals surface area contributed by atoms with Crippen LogP contribution in [0.4, 0.5) is 13.6 Å². The molecule has 0 spiro atoms. The molecule has 5 nitrogen and oxygen atoms in total. The summed E-state index contributed by atoms with van der Waals surface area (Å²) in [4.78, 5) is 13.9. The van der Waals surface area contributed by atoms with Crippen LogP contribution >= 0.6 is 0 Å². The fourth-order valence-electron chi connectivity index (χ4n) is 2.73. The number of halogens is 2. The van der Waals surface area contributed by atoms with E-state index in [0.29, 0.717) is 6.54 Å². The first-order chi connectivity index (χ1) is 11.4. The summed E-state index contributed by atoms with van der Waals surface area (Å²) >= 11 is 0. The van der Waals surface area contributed by atoms with Gasteiger partial charge in [-0.05, 0) is 50.0 Å². The van der Waals surface area contributed by atoms with Gasteiger partial charge in [0.25, 0.3) is 0 Å². The van der Waals surface area contributed by atoms with E-state index in [9.17, 15) is 18.7 Å². The molecule has 7 heteroatoms. The van der Waals surface area contributed by atoms with Crippen LogP contribution in [0.2, 0.25) is 0 Å². The minimum Gasteiger partial charge on any atom is -0.390 e. The number of carbonyl (C=O) groups excluding carboxylic acids is 1. The molecular weight excluding hydrogens is 316 g/mol. The van der Waals surface area contributed by atoms with Crippen molar-refractivity contribution in [3.8, 4) is 0 Å².